The molecule has 0 aliphatic carbocycles. The summed E-state index contributed by atoms with van der Waals surface area (Å²) >= 11 is 0. The van der Waals surface area contributed by atoms with Gasteiger partial charge in [0.15, 0.2) is 0 Å². The van der Waals surface area contributed by atoms with E-state index in [4.69, 9.17) is 0 Å². The number of nitrogens with zero attached hydrogens (tertiary/aromatic N) is 3. The second kappa shape index (κ2) is 6.10. The molecule has 1 aromatic carbocycles. The van der Waals surface area contributed by atoms with Crippen molar-refractivity contribution in [2.45, 2.75) is 32.9 Å². The molecular weight excluding hydrogens is 278 g/mol. The average molecular weight is 303 g/mol. The van der Waals surface area contributed by atoms with Crippen molar-refractivity contribution in [3.05, 3.63) is 51.9 Å². The topological polar surface area (TPSA) is 50.4 Å². The molecule has 0 unspecified atom stereocenters. The van der Waals surface area contributed by atoms with Gasteiger partial charge in [-0.05, 0) is 40.0 Å². The maximum atomic E-state index is 12.8. The first-order valence-corrected chi connectivity index (χ1v) is 7.44. The largest absolute Gasteiger partial charge is 0.389 e. The number of benzene rings is 1. The van der Waals surface area contributed by atoms with Crippen LogP contribution in [-0.2, 0) is 13.6 Å². The van der Waals surface area contributed by atoms with Crippen molar-refractivity contribution in [3.63, 3.8) is 0 Å². The first-order valence-electron chi connectivity index (χ1n) is 7.44. The van der Waals surface area contributed by atoms with Gasteiger partial charge in [-0.1, -0.05) is 18.2 Å². The lowest BCUT2D eigenvalue weighted by Gasteiger charge is -2.25. The molecule has 0 fully saturated rings. The van der Waals surface area contributed by atoms with E-state index in [0.29, 0.717) is 13.1 Å². The van der Waals surface area contributed by atoms with Crippen molar-refractivity contribution in [1.29, 1.82) is 0 Å². The van der Waals surface area contributed by atoms with Crippen LogP contribution in [0.25, 0.3) is 5.69 Å². The molecule has 5 nitrogen and oxygen atoms in total. The van der Waals surface area contributed by atoms with Crippen molar-refractivity contribution in [2.75, 3.05) is 13.6 Å². The van der Waals surface area contributed by atoms with Gasteiger partial charge in [-0.2, -0.15) is 0 Å². The molecular formula is C17H25N3O2. The van der Waals surface area contributed by atoms with E-state index in [9.17, 15) is 9.90 Å². The van der Waals surface area contributed by atoms with Crippen LogP contribution in [0.2, 0.25) is 0 Å². The van der Waals surface area contributed by atoms with Gasteiger partial charge in [0.2, 0.25) is 0 Å². The third kappa shape index (κ3) is 3.48. The zero-order valence-electron chi connectivity index (χ0n) is 14.0. The molecule has 0 bridgehead atoms. The summed E-state index contributed by atoms with van der Waals surface area (Å²) < 4.78 is 3.56. The number of likely N-dealkylation sites (N-methyl/N-ethyl adjacent to an activating group) is 1. The van der Waals surface area contributed by atoms with Crippen LogP contribution in [0, 0.1) is 6.92 Å². The van der Waals surface area contributed by atoms with Crippen molar-refractivity contribution in [3.8, 4) is 5.69 Å². The highest BCUT2D eigenvalue weighted by Gasteiger charge is 2.20. The zero-order chi connectivity index (χ0) is 16.5. The Kier molecular flexibility index (Phi) is 4.58. The Hall–Kier alpha value is -1.85. The number of para-hydroxylation sites is 1. The minimum Gasteiger partial charge on any atom is -0.389 e. The number of hydrogen-bond acceptors (Lipinski definition) is 3. The number of aliphatic hydroxyl groups is 1. The Morgan fingerprint density at radius 3 is 2.36 bits per heavy atom. The standard InChI is InChI=1S/C17H25N3O2/c1-13-15(11-18(4)12-17(2,3)22)16(21)20(19(13)5)14-9-7-6-8-10-14/h6-10,22H,11-12H2,1-5H3. The van der Waals surface area contributed by atoms with Gasteiger partial charge in [0.25, 0.3) is 5.56 Å². The molecule has 0 amide bonds. The summed E-state index contributed by atoms with van der Waals surface area (Å²) in [6.07, 6.45) is 0. The quantitative estimate of drug-likeness (QED) is 0.914. The molecule has 0 aliphatic rings. The van der Waals surface area contributed by atoms with Crippen LogP contribution in [-0.4, -0.2) is 38.6 Å². The van der Waals surface area contributed by atoms with Crippen LogP contribution in [0.4, 0.5) is 0 Å². The lowest BCUT2D eigenvalue weighted by Crippen LogP contribution is -2.36. The Morgan fingerprint density at radius 1 is 1.23 bits per heavy atom. The molecule has 0 radical (unpaired) electrons. The van der Waals surface area contributed by atoms with Crippen molar-refractivity contribution >= 4 is 0 Å². The SMILES string of the molecule is Cc1c(CN(C)CC(C)(C)O)c(=O)n(-c2ccccc2)n1C. The van der Waals surface area contributed by atoms with Crippen LogP contribution in [0.1, 0.15) is 25.1 Å². The maximum absolute atomic E-state index is 12.8. The summed E-state index contributed by atoms with van der Waals surface area (Å²) in [6.45, 7) is 6.51. The van der Waals surface area contributed by atoms with E-state index < -0.39 is 5.60 Å². The van der Waals surface area contributed by atoms with E-state index in [0.717, 1.165) is 16.9 Å². The molecule has 0 saturated heterocycles. The van der Waals surface area contributed by atoms with E-state index >= 15 is 0 Å². The van der Waals surface area contributed by atoms with E-state index in [2.05, 4.69) is 0 Å². The van der Waals surface area contributed by atoms with Gasteiger partial charge in [0.05, 0.1) is 16.9 Å². The van der Waals surface area contributed by atoms with Gasteiger partial charge in [-0.3, -0.25) is 14.4 Å². The van der Waals surface area contributed by atoms with Crippen LogP contribution in [0.3, 0.4) is 0 Å². The molecule has 1 N–H and O–H groups in total. The van der Waals surface area contributed by atoms with Crippen LogP contribution >= 0.6 is 0 Å². The normalized spacial score (nSPS) is 12.1. The summed E-state index contributed by atoms with van der Waals surface area (Å²) in [7, 11) is 3.81. The lowest BCUT2D eigenvalue weighted by molar-refractivity contribution is 0.0423. The summed E-state index contributed by atoms with van der Waals surface area (Å²) in [6, 6.07) is 9.62. The van der Waals surface area contributed by atoms with E-state index in [-0.39, 0.29) is 5.56 Å². The third-order valence-electron chi connectivity index (χ3n) is 3.76. The molecule has 1 heterocycles. The van der Waals surface area contributed by atoms with Crippen molar-refractivity contribution < 1.29 is 5.11 Å². The highest BCUT2D eigenvalue weighted by molar-refractivity contribution is 5.33. The predicted molar refractivity (Wildman–Crippen MR) is 88.4 cm³/mol. The van der Waals surface area contributed by atoms with Gasteiger partial charge in [0, 0.05) is 25.8 Å². The van der Waals surface area contributed by atoms with E-state index in [1.807, 2.05) is 60.9 Å². The monoisotopic (exact) mass is 303 g/mol. The number of aromatic nitrogens is 2. The fourth-order valence-corrected chi connectivity index (χ4v) is 2.79. The molecule has 0 saturated carbocycles. The second-order valence-electron chi connectivity index (χ2n) is 6.52. The van der Waals surface area contributed by atoms with E-state index in [1.54, 1.807) is 18.5 Å². The predicted octanol–water partition coefficient (Wildman–Crippen LogP) is 1.69. The van der Waals surface area contributed by atoms with Gasteiger partial charge in [-0.15, -0.1) is 0 Å². The minimum absolute atomic E-state index is 0.00574. The first-order chi connectivity index (χ1) is 10.2. The summed E-state index contributed by atoms with van der Waals surface area (Å²) in [5.41, 5.74) is 1.77. The molecule has 1 aromatic heterocycles. The molecule has 2 aromatic rings. The third-order valence-corrected chi connectivity index (χ3v) is 3.76. The van der Waals surface area contributed by atoms with Crippen LogP contribution in [0.5, 0.6) is 0 Å². The second-order valence-corrected chi connectivity index (χ2v) is 6.52. The van der Waals surface area contributed by atoms with E-state index in [1.165, 1.54) is 0 Å². The number of rotatable bonds is 5. The molecule has 5 heteroatoms. The van der Waals surface area contributed by atoms with Gasteiger partial charge >= 0.3 is 0 Å². The van der Waals surface area contributed by atoms with Gasteiger partial charge in [-0.25, -0.2) is 4.68 Å². The fraction of sp³-hybridized carbons (Fsp3) is 0.471. The summed E-state index contributed by atoms with van der Waals surface area (Å²) in [4.78, 5) is 14.7. The lowest BCUT2D eigenvalue weighted by atomic mass is 10.1. The molecule has 120 valence electrons. The Balaban J connectivity index is 2.37. The van der Waals surface area contributed by atoms with Crippen LogP contribution in [0.15, 0.2) is 35.1 Å². The van der Waals surface area contributed by atoms with Gasteiger partial charge in [0.1, 0.15) is 0 Å². The Labute approximate surface area is 131 Å². The van der Waals surface area contributed by atoms with Crippen molar-refractivity contribution in [2.24, 2.45) is 7.05 Å². The smallest absolute Gasteiger partial charge is 0.276 e. The minimum atomic E-state index is -0.782. The Morgan fingerprint density at radius 2 is 1.82 bits per heavy atom. The highest BCUT2D eigenvalue weighted by atomic mass is 16.3. The van der Waals surface area contributed by atoms with Gasteiger partial charge < -0.3 is 5.11 Å². The fourth-order valence-electron chi connectivity index (χ4n) is 2.79. The van der Waals surface area contributed by atoms with Crippen LogP contribution < -0.4 is 5.56 Å². The maximum Gasteiger partial charge on any atom is 0.276 e. The molecule has 0 aliphatic heterocycles. The number of hydrogen-bond donors (Lipinski definition) is 1. The van der Waals surface area contributed by atoms with Crippen molar-refractivity contribution in [1.82, 2.24) is 14.3 Å². The Bertz CT molecular complexity index is 693. The first kappa shape index (κ1) is 16.5. The molecule has 0 spiro atoms. The highest BCUT2D eigenvalue weighted by Crippen LogP contribution is 2.13. The molecule has 2 rings (SSSR count). The molecule has 0 atom stereocenters. The summed E-state index contributed by atoms with van der Waals surface area (Å²) in [5.74, 6) is 0. The summed E-state index contributed by atoms with van der Waals surface area (Å²) in [5, 5.41) is 9.91. The molecule has 22 heavy (non-hydrogen) atoms. The average Bonchev–Trinajstić information content (AvgIpc) is 2.62. The zero-order valence-corrected chi connectivity index (χ0v) is 14.0.